The van der Waals surface area contributed by atoms with Crippen LogP contribution in [0, 0.1) is 13.8 Å². The van der Waals surface area contributed by atoms with Crippen molar-refractivity contribution in [3.8, 4) is 11.5 Å². The highest BCUT2D eigenvalue weighted by Crippen LogP contribution is 2.43. The van der Waals surface area contributed by atoms with Gasteiger partial charge in [-0.2, -0.15) is 0 Å². The van der Waals surface area contributed by atoms with Gasteiger partial charge in [-0.3, -0.25) is 28.7 Å². The molecule has 0 radical (unpaired) electrons. The first-order valence-corrected chi connectivity index (χ1v) is 14.9. The van der Waals surface area contributed by atoms with Crippen LogP contribution in [-0.4, -0.2) is 50.6 Å². The monoisotopic (exact) mass is 640 g/mol. The molecule has 244 valence electrons. The minimum atomic E-state index is -1.41. The highest BCUT2D eigenvalue weighted by Gasteiger charge is 2.42. The molecule has 12 heteroatoms. The molecule has 0 spiro atoms. The molecule has 3 aromatic carbocycles. The number of H-pyrrole nitrogens is 2. The van der Waals surface area contributed by atoms with Gasteiger partial charge in [0.1, 0.15) is 23.2 Å². The number of hydrogen-bond acceptors (Lipinski definition) is 8. The molecule has 0 aliphatic rings. The first-order chi connectivity index (χ1) is 22.5. The standard InChI is InChI=1S/C35H36N4O8/c1-22-18-38(33(43)36-31(22)41)20-29(40)30(21-39-19-23(2)32(42)37-34(39)44)47-35(24-8-6-5-7-9-24,25-10-14-27(45-3)15-11-25)26-12-16-28(46-4)17-13-26/h5-19,29-30,40H,20-21H2,1-4H3,(H,36,41,43)(H,37,42,44)/t29-,30+/m1/s1. The lowest BCUT2D eigenvalue weighted by molar-refractivity contribution is -0.113. The maximum atomic E-state index is 13.0. The van der Waals surface area contributed by atoms with Gasteiger partial charge in [-0.25, -0.2) is 9.59 Å². The van der Waals surface area contributed by atoms with Crippen LogP contribution >= 0.6 is 0 Å². The van der Waals surface area contributed by atoms with Crippen molar-refractivity contribution in [2.24, 2.45) is 0 Å². The highest BCUT2D eigenvalue weighted by molar-refractivity contribution is 5.50. The Morgan fingerprint density at radius 3 is 1.53 bits per heavy atom. The smallest absolute Gasteiger partial charge is 0.328 e. The summed E-state index contributed by atoms with van der Waals surface area (Å²) in [6.07, 6.45) is 0.166. The summed E-state index contributed by atoms with van der Waals surface area (Å²) in [6, 6.07) is 24.0. The normalized spacial score (nSPS) is 12.8. The Labute approximate surface area is 269 Å². The Morgan fingerprint density at radius 2 is 1.09 bits per heavy atom. The van der Waals surface area contributed by atoms with Crippen molar-refractivity contribution in [3.05, 3.63) is 161 Å². The van der Waals surface area contributed by atoms with Crippen molar-refractivity contribution < 1.29 is 19.3 Å². The van der Waals surface area contributed by atoms with Gasteiger partial charge in [0.2, 0.25) is 0 Å². The number of hydrogen-bond donors (Lipinski definition) is 3. The van der Waals surface area contributed by atoms with Crippen molar-refractivity contribution in [2.45, 2.75) is 44.7 Å². The van der Waals surface area contributed by atoms with Gasteiger partial charge in [0.25, 0.3) is 11.1 Å². The fourth-order valence-corrected chi connectivity index (χ4v) is 5.51. The first-order valence-electron chi connectivity index (χ1n) is 14.9. The maximum absolute atomic E-state index is 13.0. The lowest BCUT2D eigenvalue weighted by Gasteiger charge is -2.40. The number of benzene rings is 3. The van der Waals surface area contributed by atoms with E-state index in [1.54, 1.807) is 52.3 Å². The summed E-state index contributed by atoms with van der Waals surface area (Å²) in [5, 5.41) is 11.9. The van der Waals surface area contributed by atoms with Gasteiger partial charge in [-0.05, 0) is 54.8 Å². The van der Waals surface area contributed by atoms with E-state index in [4.69, 9.17) is 14.2 Å². The number of nitrogens with one attached hydrogen (secondary N) is 2. The fraction of sp³-hybridized carbons (Fsp3) is 0.257. The molecule has 0 bridgehead atoms. The average molecular weight is 641 g/mol. The SMILES string of the molecule is COc1ccc(C(O[C@@H](Cn2cc(C)c(=O)[nH]c2=O)[C@H](O)Cn2cc(C)c(=O)[nH]c2=O)(c2ccccc2)c2ccc(OC)cc2)cc1. The molecule has 5 rings (SSSR count). The van der Waals surface area contributed by atoms with Gasteiger partial charge in [-0.15, -0.1) is 0 Å². The van der Waals surface area contributed by atoms with E-state index in [0.717, 1.165) is 0 Å². The predicted molar refractivity (Wildman–Crippen MR) is 175 cm³/mol. The van der Waals surface area contributed by atoms with Crippen molar-refractivity contribution in [1.29, 1.82) is 0 Å². The van der Waals surface area contributed by atoms with Gasteiger partial charge < -0.3 is 19.3 Å². The minimum absolute atomic E-state index is 0.213. The fourth-order valence-electron chi connectivity index (χ4n) is 5.51. The Kier molecular flexibility index (Phi) is 9.73. The highest BCUT2D eigenvalue weighted by atomic mass is 16.5. The predicted octanol–water partition coefficient (Wildman–Crippen LogP) is 2.46. The van der Waals surface area contributed by atoms with Gasteiger partial charge in [0.05, 0.1) is 33.4 Å². The van der Waals surface area contributed by atoms with E-state index >= 15 is 0 Å². The van der Waals surface area contributed by atoms with E-state index in [1.807, 2.05) is 54.6 Å². The number of methoxy groups -OCH3 is 2. The number of nitrogens with zero attached hydrogens (tertiary/aromatic N) is 2. The summed E-state index contributed by atoms with van der Waals surface area (Å²) >= 11 is 0. The summed E-state index contributed by atoms with van der Waals surface area (Å²) < 4.78 is 20.4. The lowest BCUT2D eigenvalue weighted by atomic mass is 9.79. The second-order valence-corrected chi connectivity index (χ2v) is 11.2. The molecule has 2 heterocycles. The van der Waals surface area contributed by atoms with Crippen LogP contribution in [0.3, 0.4) is 0 Å². The molecule has 0 amide bonds. The van der Waals surface area contributed by atoms with Crippen LogP contribution in [0.5, 0.6) is 11.5 Å². The number of ether oxygens (including phenoxy) is 3. The third-order valence-corrected chi connectivity index (χ3v) is 8.07. The van der Waals surface area contributed by atoms with Crippen molar-refractivity contribution in [2.75, 3.05) is 14.2 Å². The molecular weight excluding hydrogens is 604 g/mol. The van der Waals surface area contributed by atoms with Gasteiger partial charge >= 0.3 is 11.4 Å². The summed E-state index contributed by atoms with van der Waals surface area (Å²) in [5.74, 6) is 1.23. The van der Waals surface area contributed by atoms with Crippen molar-refractivity contribution in [1.82, 2.24) is 19.1 Å². The summed E-state index contributed by atoms with van der Waals surface area (Å²) in [5.41, 5.74) is -1.26. The second kappa shape index (κ2) is 13.9. The number of aryl methyl sites for hydroxylation is 2. The van der Waals surface area contributed by atoms with Crippen molar-refractivity contribution in [3.63, 3.8) is 0 Å². The zero-order chi connectivity index (χ0) is 33.7. The van der Waals surface area contributed by atoms with E-state index in [9.17, 15) is 24.3 Å². The van der Waals surface area contributed by atoms with Crippen LogP contribution in [0.4, 0.5) is 0 Å². The molecule has 0 fully saturated rings. The number of aliphatic hydroxyl groups is 1. The molecule has 0 saturated heterocycles. The van der Waals surface area contributed by atoms with Crippen molar-refractivity contribution >= 4 is 0 Å². The zero-order valence-corrected chi connectivity index (χ0v) is 26.4. The number of aromatic amines is 2. The van der Waals surface area contributed by atoms with Crippen LogP contribution in [0.1, 0.15) is 27.8 Å². The molecule has 12 nitrogen and oxygen atoms in total. The Bertz CT molecular complexity index is 2020. The molecule has 0 aliphatic carbocycles. The molecule has 2 aromatic heterocycles. The largest absolute Gasteiger partial charge is 0.497 e. The van der Waals surface area contributed by atoms with E-state index in [1.165, 1.54) is 21.5 Å². The first kappa shape index (κ1) is 32.9. The maximum Gasteiger partial charge on any atom is 0.328 e. The Balaban J connectivity index is 1.74. The number of aromatic nitrogens is 4. The van der Waals surface area contributed by atoms with E-state index < -0.39 is 40.3 Å². The molecule has 0 unspecified atom stereocenters. The third kappa shape index (κ3) is 6.88. The van der Waals surface area contributed by atoms with Gasteiger partial charge in [0, 0.05) is 23.5 Å². The Morgan fingerprint density at radius 1 is 0.660 bits per heavy atom. The number of rotatable bonds is 12. The van der Waals surface area contributed by atoms with E-state index in [0.29, 0.717) is 28.2 Å². The van der Waals surface area contributed by atoms with E-state index in [2.05, 4.69) is 9.97 Å². The molecule has 5 aromatic rings. The summed E-state index contributed by atoms with van der Waals surface area (Å²) in [7, 11) is 3.13. The van der Waals surface area contributed by atoms with E-state index in [-0.39, 0.29) is 24.2 Å². The van der Waals surface area contributed by atoms with Gasteiger partial charge in [0.15, 0.2) is 0 Å². The van der Waals surface area contributed by atoms with Crippen LogP contribution in [-0.2, 0) is 23.4 Å². The summed E-state index contributed by atoms with van der Waals surface area (Å²) in [4.78, 5) is 54.6. The lowest BCUT2D eigenvalue weighted by Crippen LogP contribution is -2.47. The van der Waals surface area contributed by atoms with Crippen LogP contribution < -0.4 is 32.0 Å². The second-order valence-electron chi connectivity index (χ2n) is 11.2. The molecule has 0 saturated carbocycles. The zero-order valence-electron chi connectivity index (χ0n) is 26.4. The minimum Gasteiger partial charge on any atom is -0.497 e. The van der Waals surface area contributed by atoms with Crippen LogP contribution in [0.15, 0.2) is 110 Å². The molecule has 47 heavy (non-hydrogen) atoms. The molecule has 3 N–H and O–H groups in total. The molecule has 0 aliphatic heterocycles. The molecule has 2 atom stereocenters. The van der Waals surface area contributed by atoms with Crippen LogP contribution in [0.25, 0.3) is 0 Å². The average Bonchev–Trinajstić information content (AvgIpc) is 3.08. The number of aliphatic hydroxyl groups excluding tert-OH is 1. The third-order valence-electron chi connectivity index (χ3n) is 8.07. The van der Waals surface area contributed by atoms with Crippen LogP contribution in [0.2, 0.25) is 0 Å². The Hall–Kier alpha value is -5.46. The topological polar surface area (TPSA) is 158 Å². The quantitative estimate of drug-likeness (QED) is 0.176. The molecular formula is C35H36N4O8. The van der Waals surface area contributed by atoms with Gasteiger partial charge in [-0.1, -0.05) is 54.6 Å². The summed E-state index contributed by atoms with van der Waals surface area (Å²) in [6.45, 7) is 2.61.